The minimum atomic E-state index is 0.543. The average Bonchev–Trinajstić information content (AvgIpc) is 2.29. The number of nitrogens with one attached hydrogen (secondary N) is 1. The number of halogens is 1. The molecular formula is C12H15ClN2. The van der Waals surface area contributed by atoms with Crippen LogP contribution in [0.15, 0.2) is 18.2 Å². The Morgan fingerprint density at radius 2 is 2.27 bits per heavy atom. The van der Waals surface area contributed by atoms with Crippen LogP contribution in [0, 0.1) is 0 Å². The second kappa shape index (κ2) is 3.78. The molecule has 0 amide bonds. The van der Waals surface area contributed by atoms with Gasteiger partial charge in [-0.2, -0.15) is 0 Å². The summed E-state index contributed by atoms with van der Waals surface area (Å²) in [6, 6.07) is 6.84. The van der Waals surface area contributed by atoms with Crippen molar-refractivity contribution in [3.8, 4) is 0 Å². The molecular weight excluding hydrogens is 208 g/mol. The summed E-state index contributed by atoms with van der Waals surface area (Å²) in [5.41, 5.74) is 2.80. The highest BCUT2D eigenvalue weighted by Gasteiger charge is 2.29. The lowest BCUT2D eigenvalue weighted by Crippen LogP contribution is -2.48. The number of nitrogens with zero attached hydrogens (tertiary/aromatic N) is 1. The first kappa shape index (κ1) is 9.64. The lowest BCUT2D eigenvalue weighted by molar-refractivity contribution is 0.152. The van der Waals surface area contributed by atoms with Gasteiger partial charge in [0.1, 0.15) is 0 Å². The molecule has 1 fully saturated rings. The quantitative estimate of drug-likeness (QED) is 0.721. The Morgan fingerprint density at radius 3 is 3.20 bits per heavy atom. The van der Waals surface area contributed by atoms with Crippen molar-refractivity contribution >= 4 is 11.6 Å². The number of piperazine rings is 1. The largest absolute Gasteiger partial charge is 0.314 e. The smallest absolute Gasteiger partial charge is 0.0476 e. The number of hydrogen-bond acceptors (Lipinski definition) is 2. The van der Waals surface area contributed by atoms with E-state index >= 15 is 0 Å². The highest BCUT2D eigenvalue weighted by molar-refractivity contribution is 6.31. The Balaban J connectivity index is 2.03. The van der Waals surface area contributed by atoms with Crippen LogP contribution in [0.4, 0.5) is 0 Å². The van der Waals surface area contributed by atoms with Gasteiger partial charge in [-0.15, -0.1) is 0 Å². The van der Waals surface area contributed by atoms with Gasteiger partial charge in [-0.3, -0.25) is 4.90 Å². The summed E-state index contributed by atoms with van der Waals surface area (Å²) in [7, 11) is 0. The van der Waals surface area contributed by atoms with Crippen molar-refractivity contribution in [1.82, 2.24) is 10.2 Å². The first-order chi connectivity index (χ1) is 7.36. The van der Waals surface area contributed by atoms with Gasteiger partial charge in [-0.05, 0) is 23.6 Å². The molecule has 2 aliphatic rings. The van der Waals surface area contributed by atoms with Gasteiger partial charge >= 0.3 is 0 Å². The maximum atomic E-state index is 6.23. The van der Waals surface area contributed by atoms with Crippen molar-refractivity contribution in [2.45, 2.75) is 12.5 Å². The Bertz CT molecular complexity index is 378. The molecule has 1 atom stereocenters. The van der Waals surface area contributed by atoms with Crippen LogP contribution in [0.1, 0.15) is 17.2 Å². The maximum absolute atomic E-state index is 6.23. The summed E-state index contributed by atoms with van der Waals surface area (Å²) >= 11 is 6.23. The van der Waals surface area contributed by atoms with Gasteiger partial charge in [-0.1, -0.05) is 23.7 Å². The predicted molar refractivity (Wildman–Crippen MR) is 62.3 cm³/mol. The van der Waals surface area contributed by atoms with E-state index in [9.17, 15) is 0 Å². The second-order valence-corrected chi connectivity index (χ2v) is 4.72. The van der Waals surface area contributed by atoms with E-state index in [4.69, 9.17) is 11.6 Å². The van der Waals surface area contributed by atoms with Crippen molar-refractivity contribution in [3.05, 3.63) is 34.3 Å². The zero-order chi connectivity index (χ0) is 10.3. The molecule has 15 heavy (non-hydrogen) atoms. The van der Waals surface area contributed by atoms with Crippen LogP contribution in [-0.4, -0.2) is 31.1 Å². The molecule has 80 valence electrons. The third-order valence-corrected chi connectivity index (χ3v) is 3.87. The molecule has 2 heterocycles. The molecule has 0 radical (unpaired) electrons. The SMILES string of the molecule is Clc1cccc2c1CCN1CCNCC21. The zero-order valence-electron chi connectivity index (χ0n) is 8.67. The minimum absolute atomic E-state index is 0.543. The average molecular weight is 223 g/mol. The molecule has 3 rings (SSSR count). The molecule has 0 bridgehead atoms. The van der Waals surface area contributed by atoms with Gasteiger partial charge in [0.05, 0.1) is 0 Å². The summed E-state index contributed by atoms with van der Waals surface area (Å²) in [5.74, 6) is 0. The summed E-state index contributed by atoms with van der Waals surface area (Å²) in [5, 5.41) is 4.40. The number of hydrogen-bond donors (Lipinski definition) is 1. The highest BCUT2D eigenvalue weighted by Crippen LogP contribution is 2.33. The van der Waals surface area contributed by atoms with Crippen molar-refractivity contribution in [2.24, 2.45) is 0 Å². The van der Waals surface area contributed by atoms with Gasteiger partial charge in [0.2, 0.25) is 0 Å². The Labute approximate surface area is 95.2 Å². The molecule has 2 aliphatic heterocycles. The summed E-state index contributed by atoms with van der Waals surface area (Å²) < 4.78 is 0. The first-order valence-corrected chi connectivity index (χ1v) is 5.96. The van der Waals surface area contributed by atoms with E-state index in [1.165, 1.54) is 11.1 Å². The van der Waals surface area contributed by atoms with Crippen LogP contribution in [0.3, 0.4) is 0 Å². The molecule has 0 aliphatic carbocycles. The summed E-state index contributed by atoms with van der Waals surface area (Å²) in [6.45, 7) is 4.50. The maximum Gasteiger partial charge on any atom is 0.0476 e. The molecule has 1 aromatic rings. The van der Waals surface area contributed by atoms with Crippen LogP contribution in [-0.2, 0) is 6.42 Å². The molecule has 0 aromatic heterocycles. The van der Waals surface area contributed by atoms with Crippen LogP contribution in [0.5, 0.6) is 0 Å². The fourth-order valence-corrected chi connectivity index (χ4v) is 3.00. The second-order valence-electron chi connectivity index (χ2n) is 4.31. The van der Waals surface area contributed by atoms with Gasteiger partial charge < -0.3 is 5.32 Å². The predicted octanol–water partition coefficient (Wildman–Crippen LogP) is 1.84. The fraction of sp³-hybridized carbons (Fsp3) is 0.500. The lowest BCUT2D eigenvalue weighted by atomic mass is 9.91. The zero-order valence-corrected chi connectivity index (χ0v) is 9.43. The van der Waals surface area contributed by atoms with Gasteiger partial charge in [0.25, 0.3) is 0 Å². The van der Waals surface area contributed by atoms with Crippen molar-refractivity contribution in [3.63, 3.8) is 0 Å². The van der Waals surface area contributed by atoms with Crippen molar-refractivity contribution in [1.29, 1.82) is 0 Å². The van der Waals surface area contributed by atoms with Crippen molar-refractivity contribution in [2.75, 3.05) is 26.2 Å². The first-order valence-electron chi connectivity index (χ1n) is 5.58. The fourth-order valence-electron chi connectivity index (χ4n) is 2.73. The third kappa shape index (κ3) is 1.57. The van der Waals surface area contributed by atoms with E-state index in [0.717, 1.165) is 37.6 Å². The molecule has 1 unspecified atom stereocenters. The van der Waals surface area contributed by atoms with Gasteiger partial charge in [0, 0.05) is 37.2 Å². The Morgan fingerprint density at radius 1 is 1.33 bits per heavy atom. The molecule has 2 nitrogen and oxygen atoms in total. The van der Waals surface area contributed by atoms with E-state index < -0.39 is 0 Å². The van der Waals surface area contributed by atoms with E-state index in [0.29, 0.717) is 6.04 Å². The molecule has 0 spiro atoms. The Hall–Kier alpha value is -0.570. The number of rotatable bonds is 0. The van der Waals surface area contributed by atoms with Gasteiger partial charge in [-0.25, -0.2) is 0 Å². The monoisotopic (exact) mass is 222 g/mol. The highest BCUT2D eigenvalue weighted by atomic mass is 35.5. The molecule has 1 aromatic carbocycles. The normalized spacial score (nSPS) is 25.8. The standard InChI is InChI=1S/C12H15ClN2/c13-11-3-1-2-10-9(11)4-6-15-7-5-14-8-12(10)15/h1-3,12,14H,4-8H2. The van der Waals surface area contributed by atoms with Gasteiger partial charge in [0.15, 0.2) is 0 Å². The van der Waals surface area contributed by atoms with Crippen molar-refractivity contribution < 1.29 is 0 Å². The number of fused-ring (bicyclic) bond motifs is 3. The van der Waals surface area contributed by atoms with Crippen LogP contribution in [0.25, 0.3) is 0 Å². The molecule has 0 saturated carbocycles. The Kier molecular flexibility index (Phi) is 2.43. The molecule has 1 N–H and O–H groups in total. The van der Waals surface area contributed by atoms with E-state index in [-0.39, 0.29) is 0 Å². The van der Waals surface area contributed by atoms with E-state index in [2.05, 4.69) is 22.3 Å². The minimum Gasteiger partial charge on any atom is -0.314 e. The topological polar surface area (TPSA) is 15.3 Å². The summed E-state index contributed by atoms with van der Waals surface area (Å²) in [4.78, 5) is 2.56. The lowest BCUT2D eigenvalue weighted by Gasteiger charge is -2.41. The molecule has 3 heteroatoms. The van der Waals surface area contributed by atoms with Crippen LogP contribution >= 0.6 is 11.6 Å². The van der Waals surface area contributed by atoms with E-state index in [1.54, 1.807) is 0 Å². The molecule has 1 saturated heterocycles. The summed E-state index contributed by atoms with van der Waals surface area (Å²) in [6.07, 6.45) is 1.10. The number of benzene rings is 1. The third-order valence-electron chi connectivity index (χ3n) is 3.52. The van der Waals surface area contributed by atoms with E-state index in [1.807, 2.05) is 6.07 Å². The van der Waals surface area contributed by atoms with Crippen LogP contribution < -0.4 is 5.32 Å². The van der Waals surface area contributed by atoms with Crippen LogP contribution in [0.2, 0.25) is 5.02 Å².